The molecule has 210 valence electrons. The number of aromatic nitrogens is 7. The lowest BCUT2D eigenvalue weighted by Gasteiger charge is -2.16. The van der Waals surface area contributed by atoms with Crippen molar-refractivity contribution in [3.05, 3.63) is 140 Å². The number of para-hydroxylation sites is 2. The summed E-state index contributed by atoms with van der Waals surface area (Å²) in [6.45, 7) is 0. The quantitative estimate of drug-likeness (QED) is 0.211. The third-order valence-corrected chi connectivity index (χ3v) is 8.81. The maximum absolute atomic E-state index is 4.90. The number of rotatable bonds is 3. The number of nitrogens with zero attached hydrogens (tertiary/aromatic N) is 7. The lowest BCUT2D eigenvalue weighted by atomic mass is 10.2. The van der Waals surface area contributed by atoms with Gasteiger partial charge in [0.05, 0.1) is 39.1 Å². The lowest BCUT2D eigenvalue weighted by Crippen LogP contribution is -2.04. The molecule has 7 heterocycles. The Morgan fingerprint density at radius 2 is 0.711 bits per heavy atom. The molecule has 10 aromatic rings. The van der Waals surface area contributed by atoms with E-state index in [1.165, 1.54) is 0 Å². The first-order valence-electron chi connectivity index (χ1n) is 14.9. The Kier molecular flexibility index (Phi) is 4.87. The van der Waals surface area contributed by atoms with Gasteiger partial charge in [-0.2, -0.15) is 0 Å². The average molecular weight is 578 g/mol. The second-order valence-electron chi connectivity index (χ2n) is 11.2. The summed E-state index contributed by atoms with van der Waals surface area (Å²) >= 11 is 0. The van der Waals surface area contributed by atoms with Crippen LogP contribution in [0.2, 0.25) is 0 Å². The normalized spacial score (nSPS) is 12.0. The van der Waals surface area contributed by atoms with Gasteiger partial charge in [0, 0.05) is 46.3 Å². The highest BCUT2D eigenvalue weighted by atomic mass is 15.1. The van der Waals surface area contributed by atoms with Gasteiger partial charge in [-0.05, 0) is 78.9 Å². The molecular formula is C38H23N7. The van der Waals surface area contributed by atoms with Gasteiger partial charge >= 0.3 is 0 Å². The zero-order valence-electron chi connectivity index (χ0n) is 23.9. The van der Waals surface area contributed by atoms with E-state index >= 15 is 0 Å². The Morgan fingerprint density at radius 1 is 0.333 bits per heavy atom. The molecule has 0 radical (unpaired) electrons. The van der Waals surface area contributed by atoms with E-state index in [1.54, 1.807) is 0 Å². The molecule has 45 heavy (non-hydrogen) atoms. The Bertz CT molecular complexity index is 2310. The highest BCUT2D eigenvalue weighted by Crippen LogP contribution is 2.37. The highest BCUT2D eigenvalue weighted by molar-refractivity contribution is 6.09. The molecule has 0 aliphatic rings. The van der Waals surface area contributed by atoms with Crippen molar-refractivity contribution in [1.29, 1.82) is 0 Å². The van der Waals surface area contributed by atoms with Crippen molar-refractivity contribution in [3.8, 4) is 17.1 Å². The summed E-state index contributed by atoms with van der Waals surface area (Å²) in [6.07, 6.45) is 7.39. The predicted molar refractivity (Wildman–Crippen MR) is 181 cm³/mol. The van der Waals surface area contributed by atoms with Crippen molar-refractivity contribution in [2.24, 2.45) is 0 Å². The summed E-state index contributed by atoms with van der Waals surface area (Å²) in [7, 11) is 0. The summed E-state index contributed by atoms with van der Waals surface area (Å²) in [5.74, 6) is 0. The fourth-order valence-corrected chi connectivity index (χ4v) is 7.01. The van der Waals surface area contributed by atoms with Crippen LogP contribution in [0.25, 0.3) is 83.0 Å². The first-order chi connectivity index (χ1) is 22.3. The second kappa shape index (κ2) is 9.08. The summed E-state index contributed by atoms with van der Waals surface area (Å²) < 4.78 is 6.80. The Balaban J connectivity index is 1.38. The van der Waals surface area contributed by atoms with Crippen molar-refractivity contribution >= 4 is 65.9 Å². The van der Waals surface area contributed by atoms with Crippen molar-refractivity contribution < 1.29 is 0 Å². The average Bonchev–Trinajstić information content (AvgIpc) is 3.74. The molecule has 0 saturated heterocycles. The number of benzene rings is 3. The largest absolute Gasteiger partial charge is 0.306 e. The molecular weight excluding hydrogens is 554 g/mol. The minimum atomic E-state index is 0.872. The molecule has 0 unspecified atom stereocenters. The van der Waals surface area contributed by atoms with Gasteiger partial charge in [0.2, 0.25) is 0 Å². The first kappa shape index (κ1) is 24.1. The van der Waals surface area contributed by atoms with E-state index in [1.807, 2.05) is 49.1 Å². The minimum Gasteiger partial charge on any atom is -0.306 e. The van der Waals surface area contributed by atoms with Crippen LogP contribution in [0.4, 0.5) is 0 Å². The molecule has 0 aliphatic carbocycles. The SMILES string of the molecule is c1ccc2c(c1)c1cccnc1n2-c1cc(-n2c3cccnc3c3ncccc32)cc(-n2c3ccccc3c3cccnc32)c1. The van der Waals surface area contributed by atoms with Gasteiger partial charge in [-0.3, -0.25) is 19.1 Å². The van der Waals surface area contributed by atoms with Gasteiger partial charge in [0.15, 0.2) is 0 Å². The Morgan fingerprint density at radius 3 is 1.22 bits per heavy atom. The third-order valence-electron chi connectivity index (χ3n) is 8.81. The molecule has 0 atom stereocenters. The fourth-order valence-electron chi connectivity index (χ4n) is 7.01. The summed E-state index contributed by atoms with van der Waals surface area (Å²) in [5, 5.41) is 4.56. The molecule has 7 nitrogen and oxygen atoms in total. The van der Waals surface area contributed by atoms with Crippen LogP contribution < -0.4 is 0 Å². The Hall–Kier alpha value is -6.34. The third kappa shape index (κ3) is 3.34. The van der Waals surface area contributed by atoms with Gasteiger partial charge in [-0.25, -0.2) is 9.97 Å². The van der Waals surface area contributed by atoms with Gasteiger partial charge in [-0.1, -0.05) is 36.4 Å². The lowest BCUT2D eigenvalue weighted by molar-refractivity contribution is 1.07. The molecule has 0 N–H and O–H groups in total. The van der Waals surface area contributed by atoms with Gasteiger partial charge in [0.25, 0.3) is 0 Å². The summed E-state index contributed by atoms with van der Waals surface area (Å²) in [5.41, 5.74) is 10.7. The molecule has 0 amide bonds. The molecule has 0 saturated carbocycles. The molecule has 7 aromatic heterocycles. The number of pyridine rings is 4. The van der Waals surface area contributed by atoms with Crippen LogP contribution in [-0.2, 0) is 0 Å². The minimum absolute atomic E-state index is 0.872. The molecule has 0 aliphatic heterocycles. The molecule has 10 rings (SSSR count). The monoisotopic (exact) mass is 577 g/mol. The van der Waals surface area contributed by atoms with Crippen LogP contribution in [0.5, 0.6) is 0 Å². The van der Waals surface area contributed by atoms with Crippen molar-refractivity contribution in [2.75, 3.05) is 0 Å². The van der Waals surface area contributed by atoms with Crippen LogP contribution in [0.3, 0.4) is 0 Å². The predicted octanol–water partition coefficient (Wildman–Crippen LogP) is 8.56. The van der Waals surface area contributed by atoms with Crippen LogP contribution in [0, 0.1) is 0 Å². The van der Waals surface area contributed by atoms with Crippen LogP contribution in [-0.4, -0.2) is 33.6 Å². The zero-order chi connectivity index (χ0) is 29.5. The Labute approximate surface area is 256 Å². The smallest absolute Gasteiger partial charge is 0.145 e. The highest BCUT2D eigenvalue weighted by Gasteiger charge is 2.20. The van der Waals surface area contributed by atoms with E-state index in [-0.39, 0.29) is 0 Å². The van der Waals surface area contributed by atoms with Crippen molar-refractivity contribution in [3.63, 3.8) is 0 Å². The topological polar surface area (TPSA) is 66.3 Å². The maximum Gasteiger partial charge on any atom is 0.145 e. The number of hydrogen-bond acceptors (Lipinski definition) is 4. The molecule has 3 aromatic carbocycles. The first-order valence-corrected chi connectivity index (χ1v) is 14.9. The van der Waals surface area contributed by atoms with Crippen LogP contribution in [0.15, 0.2) is 140 Å². The van der Waals surface area contributed by atoms with E-state index in [0.717, 1.165) is 83.0 Å². The second-order valence-corrected chi connectivity index (χ2v) is 11.2. The van der Waals surface area contributed by atoms with Gasteiger partial charge < -0.3 is 4.57 Å². The zero-order valence-corrected chi connectivity index (χ0v) is 23.9. The standard InChI is InChI=1S/C38H23N7/c1-3-13-31-27(9-1)29-11-5-19-41-37(29)44(31)25-21-24(43-33-15-7-17-39-35(33)36-34(43)16-8-18-40-36)22-26(23-25)45-32-14-4-2-10-28(32)30-12-6-20-42-38(30)45/h1-23H. The molecule has 7 heteroatoms. The van der Waals surface area contributed by atoms with Crippen molar-refractivity contribution in [1.82, 2.24) is 33.6 Å². The number of fused-ring (bicyclic) bond motifs is 9. The summed E-state index contributed by atoms with van der Waals surface area (Å²) in [4.78, 5) is 19.3. The van der Waals surface area contributed by atoms with Crippen LogP contribution >= 0.6 is 0 Å². The molecule has 0 fully saturated rings. The van der Waals surface area contributed by atoms with E-state index in [0.29, 0.717) is 0 Å². The van der Waals surface area contributed by atoms with E-state index in [9.17, 15) is 0 Å². The molecule has 0 bridgehead atoms. The van der Waals surface area contributed by atoms with E-state index < -0.39 is 0 Å². The number of hydrogen-bond donors (Lipinski definition) is 0. The van der Waals surface area contributed by atoms with Crippen molar-refractivity contribution in [2.45, 2.75) is 0 Å². The maximum atomic E-state index is 4.90. The van der Waals surface area contributed by atoms with E-state index in [2.05, 4.69) is 105 Å². The fraction of sp³-hybridized carbons (Fsp3) is 0. The van der Waals surface area contributed by atoms with Gasteiger partial charge in [-0.15, -0.1) is 0 Å². The van der Waals surface area contributed by atoms with E-state index in [4.69, 9.17) is 19.9 Å². The van der Waals surface area contributed by atoms with Crippen LogP contribution in [0.1, 0.15) is 0 Å². The van der Waals surface area contributed by atoms with Gasteiger partial charge in [0.1, 0.15) is 22.3 Å². The summed E-state index contributed by atoms with van der Waals surface area (Å²) in [6, 6.07) is 40.2. The molecule has 0 spiro atoms.